The summed E-state index contributed by atoms with van der Waals surface area (Å²) in [5, 5.41) is 3.64. The van der Waals surface area contributed by atoms with E-state index in [1.165, 1.54) is 0 Å². The number of sulfonamides is 1. The summed E-state index contributed by atoms with van der Waals surface area (Å²) in [6.45, 7) is 1.28. The highest BCUT2D eigenvalue weighted by molar-refractivity contribution is 7.92. The predicted molar refractivity (Wildman–Crippen MR) is 72.1 cm³/mol. The first-order valence-electron chi connectivity index (χ1n) is 5.13. The Hall–Kier alpha value is -0.980. The van der Waals surface area contributed by atoms with E-state index in [-0.39, 0.29) is 0 Å². The minimum Gasteiger partial charge on any atom is -0.384 e. The smallest absolute Gasteiger partial charge is 0.229 e. The van der Waals surface area contributed by atoms with Gasteiger partial charge in [0.25, 0.3) is 0 Å². The van der Waals surface area contributed by atoms with Crippen LogP contribution >= 0.6 is 11.6 Å². The topological polar surface area (TPSA) is 84.2 Å². The van der Waals surface area contributed by atoms with E-state index >= 15 is 0 Å². The van der Waals surface area contributed by atoms with Crippen LogP contribution in [0.1, 0.15) is 6.42 Å². The largest absolute Gasteiger partial charge is 0.384 e. The molecule has 4 N–H and O–H groups in total. The molecule has 17 heavy (non-hydrogen) atoms. The minimum absolute atomic E-state index is 0.479. The van der Waals surface area contributed by atoms with Crippen molar-refractivity contribution >= 4 is 33.0 Å². The normalized spacial score (nSPS) is 11.2. The minimum atomic E-state index is -3.27. The Kier molecular flexibility index (Phi) is 5.04. The third kappa shape index (κ3) is 5.25. The molecule has 0 saturated heterocycles. The Labute approximate surface area is 106 Å². The number of hydrogen-bond acceptors (Lipinski definition) is 4. The van der Waals surface area contributed by atoms with Crippen LogP contribution in [0.4, 0.5) is 11.4 Å². The third-order valence-electron chi connectivity index (χ3n) is 1.97. The molecule has 0 aromatic heterocycles. The molecular formula is C10H16ClN3O2S. The predicted octanol–water partition coefficient (Wildman–Crippen LogP) is 1.47. The van der Waals surface area contributed by atoms with Gasteiger partial charge in [0.15, 0.2) is 0 Å². The van der Waals surface area contributed by atoms with Gasteiger partial charge in [-0.05, 0) is 31.2 Å². The summed E-state index contributed by atoms with van der Waals surface area (Å²) in [5.41, 5.74) is 6.55. The molecule has 1 aromatic carbocycles. The van der Waals surface area contributed by atoms with Crippen molar-refractivity contribution in [3.05, 3.63) is 23.2 Å². The van der Waals surface area contributed by atoms with E-state index in [2.05, 4.69) is 10.0 Å². The molecule has 7 heteroatoms. The standard InChI is InChI=1S/C10H16ClN3O2S/c1-17(15,16)14-8-3-4-9(11)10(7-8)13-6-2-5-12/h3-4,7,13-14H,2,5-6,12H2,1H3. The van der Waals surface area contributed by atoms with E-state index < -0.39 is 10.0 Å². The summed E-state index contributed by atoms with van der Waals surface area (Å²) in [7, 11) is -3.27. The van der Waals surface area contributed by atoms with Gasteiger partial charge in [0, 0.05) is 6.54 Å². The number of anilines is 2. The first-order valence-corrected chi connectivity index (χ1v) is 7.40. The lowest BCUT2D eigenvalue weighted by Crippen LogP contribution is -2.11. The average molecular weight is 278 g/mol. The van der Waals surface area contributed by atoms with Gasteiger partial charge in [0.05, 0.1) is 22.7 Å². The van der Waals surface area contributed by atoms with Gasteiger partial charge in [0.2, 0.25) is 10.0 Å². The summed E-state index contributed by atoms with van der Waals surface area (Å²) in [5.74, 6) is 0. The average Bonchev–Trinajstić information content (AvgIpc) is 2.21. The van der Waals surface area contributed by atoms with Gasteiger partial charge in [-0.1, -0.05) is 11.6 Å². The van der Waals surface area contributed by atoms with Crippen LogP contribution in [0.3, 0.4) is 0 Å². The monoisotopic (exact) mass is 277 g/mol. The Morgan fingerprint density at radius 1 is 1.41 bits per heavy atom. The molecule has 0 aliphatic heterocycles. The number of benzene rings is 1. The molecule has 1 rings (SSSR count). The molecule has 0 aliphatic carbocycles. The van der Waals surface area contributed by atoms with Crippen LogP contribution in [0.5, 0.6) is 0 Å². The fourth-order valence-corrected chi connectivity index (χ4v) is 2.00. The van der Waals surface area contributed by atoms with Gasteiger partial charge in [0.1, 0.15) is 0 Å². The van der Waals surface area contributed by atoms with Gasteiger partial charge in [-0.2, -0.15) is 0 Å². The van der Waals surface area contributed by atoms with Crippen molar-refractivity contribution in [1.29, 1.82) is 0 Å². The maximum absolute atomic E-state index is 11.1. The molecule has 0 aliphatic rings. The van der Waals surface area contributed by atoms with Crippen molar-refractivity contribution in [3.8, 4) is 0 Å². The molecule has 0 fully saturated rings. The molecule has 96 valence electrons. The SMILES string of the molecule is CS(=O)(=O)Nc1ccc(Cl)c(NCCCN)c1. The van der Waals surface area contributed by atoms with Crippen molar-refractivity contribution in [2.45, 2.75) is 6.42 Å². The van der Waals surface area contributed by atoms with Crippen LogP contribution in [0, 0.1) is 0 Å². The fraction of sp³-hybridized carbons (Fsp3) is 0.400. The van der Waals surface area contributed by atoms with E-state index in [1.807, 2.05) is 0 Å². The highest BCUT2D eigenvalue weighted by Gasteiger charge is 2.05. The first-order chi connectivity index (χ1) is 7.92. The lowest BCUT2D eigenvalue weighted by Gasteiger charge is -2.10. The van der Waals surface area contributed by atoms with E-state index in [1.54, 1.807) is 18.2 Å². The molecule has 1 aromatic rings. The maximum atomic E-state index is 11.1. The molecule has 0 atom stereocenters. The van der Waals surface area contributed by atoms with Gasteiger partial charge in [-0.15, -0.1) is 0 Å². The zero-order valence-corrected chi connectivity index (χ0v) is 11.1. The Balaban J connectivity index is 2.79. The molecule has 0 bridgehead atoms. The molecule has 0 heterocycles. The van der Waals surface area contributed by atoms with Crippen molar-refractivity contribution in [1.82, 2.24) is 0 Å². The van der Waals surface area contributed by atoms with Gasteiger partial charge < -0.3 is 11.1 Å². The number of rotatable bonds is 6. The number of hydrogen-bond donors (Lipinski definition) is 3. The zero-order valence-electron chi connectivity index (χ0n) is 9.53. The molecule has 0 amide bonds. The summed E-state index contributed by atoms with van der Waals surface area (Å²) in [4.78, 5) is 0. The van der Waals surface area contributed by atoms with Crippen LogP contribution < -0.4 is 15.8 Å². The second kappa shape index (κ2) is 6.09. The van der Waals surface area contributed by atoms with Crippen LogP contribution in [-0.2, 0) is 10.0 Å². The summed E-state index contributed by atoms with van der Waals surface area (Å²) < 4.78 is 24.5. The Bertz CT molecular complexity index is 476. The quantitative estimate of drug-likeness (QED) is 0.688. The van der Waals surface area contributed by atoms with Crippen LogP contribution in [-0.4, -0.2) is 27.8 Å². The van der Waals surface area contributed by atoms with E-state index in [0.29, 0.717) is 29.5 Å². The molecule has 0 unspecified atom stereocenters. The van der Waals surface area contributed by atoms with Crippen molar-refractivity contribution < 1.29 is 8.42 Å². The first kappa shape index (κ1) is 14.1. The summed E-state index contributed by atoms with van der Waals surface area (Å²) in [6.07, 6.45) is 1.92. The second-order valence-corrected chi connectivity index (χ2v) is 5.79. The van der Waals surface area contributed by atoms with Gasteiger partial charge >= 0.3 is 0 Å². The highest BCUT2D eigenvalue weighted by Crippen LogP contribution is 2.25. The van der Waals surface area contributed by atoms with Crippen LogP contribution in [0.2, 0.25) is 5.02 Å². The maximum Gasteiger partial charge on any atom is 0.229 e. The zero-order chi connectivity index (χ0) is 12.9. The summed E-state index contributed by atoms with van der Waals surface area (Å²) in [6, 6.07) is 4.90. The Morgan fingerprint density at radius 3 is 2.71 bits per heavy atom. The third-order valence-corrected chi connectivity index (χ3v) is 2.90. The number of nitrogens with two attached hydrogens (primary N) is 1. The van der Waals surface area contributed by atoms with E-state index in [4.69, 9.17) is 17.3 Å². The van der Waals surface area contributed by atoms with Crippen LogP contribution in [0.15, 0.2) is 18.2 Å². The molecule has 0 spiro atoms. The fourth-order valence-electron chi connectivity index (χ4n) is 1.26. The van der Waals surface area contributed by atoms with Gasteiger partial charge in [-0.3, -0.25) is 4.72 Å². The molecule has 0 saturated carbocycles. The van der Waals surface area contributed by atoms with Crippen LogP contribution in [0.25, 0.3) is 0 Å². The number of halogens is 1. The highest BCUT2D eigenvalue weighted by atomic mass is 35.5. The Morgan fingerprint density at radius 2 is 2.12 bits per heavy atom. The lowest BCUT2D eigenvalue weighted by atomic mass is 10.2. The second-order valence-electron chi connectivity index (χ2n) is 3.64. The summed E-state index contributed by atoms with van der Waals surface area (Å²) >= 11 is 5.98. The van der Waals surface area contributed by atoms with Crippen molar-refractivity contribution in [2.75, 3.05) is 29.4 Å². The van der Waals surface area contributed by atoms with E-state index in [0.717, 1.165) is 12.7 Å². The van der Waals surface area contributed by atoms with Gasteiger partial charge in [-0.25, -0.2) is 8.42 Å². The molecular weight excluding hydrogens is 262 g/mol. The van der Waals surface area contributed by atoms with E-state index in [9.17, 15) is 8.42 Å². The lowest BCUT2D eigenvalue weighted by molar-refractivity contribution is 0.607. The molecule has 0 radical (unpaired) electrons. The van der Waals surface area contributed by atoms with Crippen molar-refractivity contribution in [3.63, 3.8) is 0 Å². The van der Waals surface area contributed by atoms with Crippen molar-refractivity contribution in [2.24, 2.45) is 5.73 Å². The molecule has 5 nitrogen and oxygen atoms in total. The number of nitrogens with one attached hydrogen (secondary N) is 2.